The number of nitriles is 1. The van der Waals surface area contributed by atoms with E-state index in [0.29, 0.717) is 5.57 Å². The molecule has 0 aliphatic carbocycles. The number of benzene rings is 2. The molecule has 0 saturated carbocycles. The maximum absolute atomic E-state index is 9.29. The van der Waals surface area contributed by atoms with Gasteiger partial charge in [-0.1, -0.05) is 50.2 Å². The molecule has 2 aromatic rings. The molecular weight excluding hydrogens is 282 g/mol. The van der Waals surface area contributed by atoms with E-state index in [0.717, 1.165) is 24.2 Å². The fraction of sp³-hybridized carbons (Fsp3) is 0.200. The van der Waals surface area contributed by atoms with E-state index in [4.69, 9.17) is 0 Å². The largest absolute Gasteiger partial charge is 0.360 e. The van der Waals surface area contributed by atoms with E-state index in [1.807, 2.05) is 36.4 Å². The minimum absolute atomic E-state index is 0.488. The van der Waals surface area contributed by atoms with Crippen LogP contribution in [0.1, 0.15) is 25.0 Å². The van der Waals surface area contributed by atoms with Crippen LogP contribution in [0.3, 0.4) is 0 Å². The number of nitrogens with one attached hydrogen (secondary N) is 1. The van der Waals surface area contributed by atoms with Gasteiger partial charge in [-0.2, -0.15) is 5.26 Å². The number of allylic oxidation sites excluding steroid dienone is 1. The molecule has 23 heavy (non-hydrogen) atoms. The van der Waals surface area contributed by atoms with Crippen molar-refractivity contribution in [2.24, 2.45) is 4.99 Å². The van der Waals surface area contributed by atoms with E-state index in [1.165, 1.54) is 11.1 Å². The van der Waals surface area contributed by atoms with Gasteiger partial charge in [0.15, 0.2) is 0 Å². The van der Waals surface area contributed by atoms with Gasteiger partial charge in [0.05, 0.1) is 11.3 Å². The predicted molar refractivity (Wildman–Crippen MR) is 97.1 cm³/mol. The molecule has 0 spiro atoms. The number of hydrogen-bond acceptors (Lipinski definition) is 3. The molecule has 0 bridgehead atoms. The third-order valence-electron chi connectivity index (χ3n) is 3.63. The Morgan fingerprint density at radius 2 is 1.70 bits per heavy atom. The van der Waals surface area contributed by atoms with E-state index < -0.39 is 0 Å². The van der Waals surface area contributed by atoms with E-state index >= 15 is 0 Å². The molecule has 1 N–H and O–H groups in total. The fourth-order valence-corrected chi connectivity index (χ4v) is 2.30. The Morgan fingerprint density at radius 1 is 1.04 bits per heavy atom. The SMILES string of the molecule is CCc1ccccc1N=C/C(C#N)=C/Nc1ccccc1CC. The van der Waals surface area contributed by atoms with Crippen molar-refractivity contribution in [3.05, 3.63) is 71.4 Å². The van der Waals surface area contributed by atoms with Crippen molar-refractivity contribution in [2.75, 3.05) is 5.32 Å². The summed E-state index contributed by atoms with van der Waals surface area (Å²) >= 11 is 0. The van der Waals surface area contributed by atoms with Crippen LogP contribution in [-0.4, -0.2) is 6.21 Å². The van der Waals surface area contributed by atoms with Gasteiger partial charge in [0.2, 0.25) is 0 Å². The monoisotopic (exact) mass is 303 g/mol. The molecule has 0 heterocycles. The lowest BCUT2D eigenvalue weighted by Crippen LogP contribution is -1.95. The first-order chi connectivity index (χ1) is 11.3. The highest BCUT2D eigenvalue weighted by atomic mass is 14.8. The molecule has 0 saturated heterocycles. The summed E-state index contributed by atoms with van der Waals surface area (Å²) in [5, 5.41) is 12.5. The molecule has 0 aromatic heterocycles. The zero-order valence-electron chi connectivity index (χ0n) is 13.6. The maximum Gasteiger partial charge on any atom is 0.102 e. The highest BCUT2D eigenvalue weighted by molar-refractivity contribution is 5.86. The molecule has 0 amide bonds. The molecule has 2 rings (SSSR count). The van der Waals surface area contributed by atoms with Gasteiger partial charge in [0.25, 0.3) is 0 Å². The smallest absolute Gasteiger partial charge is 0.102 e. The standard InChI is InChI=1S/C20H21N3/c1-3-17-9-5-7-11-19(17)22-14-16(13-21)15-23-20-12-8-6-10-18(20)4-2/h5-12,14-15,22H,3-4H2,1-2H3/b16-14+,23-15?. The molecule has 3 nitrogen and oxygen atoms in total. The minimum Gasteiger partial charge on any atom is -0.360 e. The Labute approximate surface area is 138 Å². The molecule has 0 aliphatic rings. The second-order valence-electron chi connectivity index (χ2n) is 5.11. The topological polar surface area (TPSA) is 48.2 Å². The Kier molecular flexibility index (Phi) is 6.14. The van der Waals surface area contributed by atoms with E-state index in [1.54, 1.807) is 12.4 Å². The first-order valence-corrected chi connectivity index (χ1v) is 7.85. The zero-order chi connectivity index (χ0) is 16.5. The van der Waals surface area contributed by atoms with Gasteiger partial charge >= 0.3 is 0 Å². The van der Waals surface area contributed by atoms with Crippen LogP contribution in [0, 0.1) is 11.3 Å². The molecule has 2 aromatic carbocycles. The molecule has 0 aliphatic heterocycles. The van der Waals surface area contributed by atoms with Crippen LogP contribution in [-0.2, 0) is 12.8 Å². The number of nitrogens with zero attached hydrogens (tertiary/aromatic N) is 2. The minimum atomic E-state index is 0.488. The van der Waals surface area contributed by atoms with Gasteiger partial charge < -0.3 is 5.32 Å². The van der Waals surface area contributed by atoms with E-state index in [9.17, 15) is 5.26 Å². The molecule has 0 unspecified atom stereocenters. The van der Waals surface area contributed by atoms with Crippen molar-refractivity contribution in [1.82, 2.24) is 0 Å². The van der Waals surface area contributed by atoms with Crippen LogP contribution >= 0.6 is 0 Å². The van der Waals surface area contributed by atoms with Crippen LogP contribution in [0.4, 0.5) is 11.4 Å². The Hall–Kier alpha value is -2.86. The molecule has 116 valence electrons. The number of rotatable bonds is 6. The van der Waals surface area contributed by atoms with E-state index in [2.05, 4.69) is 42.4 Å². The van der Waals surface area contributed by atoms with Crippen LogP contribution in [0.5, 0.6) is 0 Å². The Bertz CT molecular complexity index is 751. The summed E-state index contributed by atoms with van der Waals surface area (Å²) < 4.78 is 0. The van der Waals surface area contributed by atoms with E-state index in [-0.39, 0.29) is 0 Å². The molecule has 0 atom stereocenters. The van der Waals surface area contributed by atoms with Gasteiger partial charge in [0, 0.05) is 18.1 Å². The number of anilines is 1. The normalized spacial score (nSPS) is 11.4. The summed E-state index contributed by atoms with van der Waals surface area (Å²) in [6, 6.07) is 18.2. The second kappa shape index (κ2) is 8.55. The Morgan fingerprint density at radius 3 is 2.39 bits per heavy atom. The van der Waals surface area contributed by atoms with Crippen molar-refractivity contribution < 1.29 is 0 Å². The van der Waals surface area contributed by atoms with Gasteiger partial charge in [-0.05, 0) is 36.1 Å². The lowest BCUT2D eigenvalue weighted by atomic mass is 10.1. The quantitative estimate of drug-likeness (QED) is 0.600. The lowest BCUT2D eigenvalue weighted by Gasteiger charge is -2.06. The number of hydrogen-bond donors (Lipinski definition) is 1. The summed E-state index contributed by atoms with van der Waals surface area (Å²) in [5.74, 6) is 0. The highest BCUT2D eigenvalue weighted by Crippen LogP contribution is 2.19. The molecular formula is C20H21N3. The van der Waals surface area contributed by atoms with Gasteiger partial charge in [-0.3, -0.25) is 4.99 Å². The first-order valence-electron chi connectivity index (χ1n) is 7.85. The first kappa shape index (κ1) is 16.5. The zero-order valence-corrected chi connectivity index (χ0v) is 13.6. The predicted octanol–water partition coefficient (Wildman–Crippen LogP) is 5.03. The Balaban J connectivity index is 2.16. The van der Waals surface area contributed by atoms with Crippen molar-refractivity contribution in [1.29, 1.82) is 5.26 Å². The average molecular weight is 303 g/mol. The summed E-state index contributed by atoms with van der Waals surface area (Å²) in [6.45, 7) is 4.21. The molecule has 3 heteroatoms. The number of aryl methyl sites for hydroxylation is 2. The third-order valence-corrected chi connectivity index (χ3v) is 3.63. The van der Waals surface area contributed by atoms with Crippen molar-refractivity contribution in [2.45, 2.75) is 26.7 Å². The number of aliphatic imine (C=N–C) groups is 1. The van der Waals surface area contributed by atoms with Crippen molar-refractivity contribution in [3.63, 3.8) is 0 Å². The highest BCUT2D eigenvalue weighted by Gasteiger charge is 1.99. The second-order valence-corrected chi connectivity index (χ2v) is 5.11. The number of para-hydroxylation sites is 2. The van der Waals surface area contributed by atoms with Crippen LogP contribution < -0.4 is 5.32 Å². The van der Waals surface area contributed by atoms with Crippen molar-refractivity contribution in [3.8, 4) is 6.07 Å². The van der Waals surface area contributed by atoms with Gasteiger partial charge in [-0.15, -0.1) is 0 Å². The summed E-state index contributed by atoms with van der Waals surface area (Å²) in [6.07, 6.45) is 5.17. The van der Waals surface area contributed by atoms with Gasteiger partial charge in [-0.25, -0.2) is 0 Å². The average Bonchev–Trinajstić information content (AvgIpc) is 2.62. The van der Waals surface area contributed by atoms with Crippen LogP contribution in [0.25, 0.3) is 0 Å². The van der Waals surface area contributed by atoms with Gasteiger partial charge in [0.1, 0.15) is 6.07 Å². The summed E-state index contributed by atoms with van der Waals surface area (Å²) in [4.78, 5) is 4.45. The van der Waals surface area contributed by atoms with Crippen molar-refractivity contribution >= 4 is 17.6 Å². The fourth-order valence-electron chi connectivity index (χ4n) is 2.30. The maximum atomic E-state index is 9.29. The lowest BCUT2D eigenvalue weighted by molar-refractivity contribution is 1.13. The van der Waals surface area contributed by atoms with Crippen LogP contribution in [0.2, 0.25) is 0 Å². The molecule has 0 radical (unpaired) electrons. The third kappa shape index (κ3) is 4.55. The summed E-state index contributed by atoms with van der Waals surface area (Å²) in [5.41, 5.74) is 4.80. The summed E-state index contributed by atoms with van der Waals surface area (Å²) in [7, 11) is 0. The molecule has 0 fully saturated rings. The van der Waals surface area contributed by atoms with Crippen LogP contribution in [0.15, 0.2) is 65.3 Å².